The van der Waals surface area contributed by atoms with E-state index in [2.05, 4.69) is 25.9 Å². The van der Waals surface area contributed by atoms with Crippen molar-refractivity contribution in [1.29, 1.82) is 0 Å². The number of rotatable bonds is 4. The first-order chi connectivity index (χ1) is 11.0. The van der Waals surface area contributed by atoms with Gasteiger partial charge >= 0.3 is 0 Å². The first-order valence-corrected chi connectivity index (χ1v) is 8.76. The number of hydrogen-bond donors (Lipinski definition) is 1. The zero-order valence-electron chi connectivity index (χ0n) is 11.7. The molecule has 2 heterocycles. The van der Waals surface area contributed by atoms with E-state index < -0.39 is 10.7 Å². The first kappa shape index (κ1) is 15.8. The van der Waals surface area contributed by atoms with Gasteiger partial charge in [0.05, 0.1) is 29.0 Å². The molecule has 1 aromatic carbocycles. The number of halogens is 2. The van der Waals surface area contributed by atoms with Crippen LogP contribution in [0, 0.1) is 5.82 Å². The van der Waals surface area contributed by atoms with Crippen LogP contribution in [0.25, 0.3) is 16.9 Å². The van der Waals surface area contributed by atoms with Crippen LogP contribution in [-0.2, 0) is 16.5 Å². The van der Waals surface area contributed by atoms with E-state index in [-0.39, 0.29) is 11.6 Å². The van der Waals surface area contributed by atoms with Crippen molar-refractivity contribution in [2.75, 3.05) is 0 Å². The van der Waals surface area contributed by atoms with Gasteiger partial charge in [-0.1, -0.05) is 0 Å². The lowest BCUT2D eigenvalue weighted by atomic mass is 10.1. The molecule has 2 aromatic heterocycles. The second-order valence-electron chi connectivity index (χ2n) is 4.76. The van der Waals surface area contributed by atoms with E-state index in [0.29, 0.717) is 10.3 Å². The fourth-order valence-electron chi connectivity index (χ4n) is 2.17. The maximum absolute atomic E-state index is 13.1. The topological polar surface area (TPSA) is 64.8 Å². The molecule has 23 heavy (non-hydrogen) atoms. The van der Waals surface area contributed by atoms with Gasteiger partial charge < -0.3 is 0 Å². The quantitative estimate of drug-likeness (QED) is 0.689. The summed E-state index contributed by atoms with van der Waals surface area (Å²) in [6, 6.07) is 9.51. The van der Waals surface area contributed by atoms with Crippen molar-refractivity contribution < 1.29 is 12.8 Å². The Hall–Kier alpha value is -2.06. The van der Waals surface area contributed by atoms with Crippen LogP contribution in [0.5, 0.6) is 0 Å². The van der Waals surface area contributed by atoms with Crippen molar-refractivity contribution >= 4 is 26.6 Å². The summed E-state index contributed by atoms with van der Waals surface area (Å²) in [4.78, 5) is 8.37. The largest absolute Gasteiger partial charge is 0.296 e. The van der Waals surface area contributed by atoms with Crippen molar-refractivity contribution in [2.24, 2.45) is 0 Å². The second-order valence-corrected chi connectivity index (χ2v) is 6.49. The average Bonchev–Trinajstić information content (AvgIpc) is 2.90. The second kappa shape index (κ2) is 6.59. The average molecular weight is 396 g/mol. The number of nitrogens with zero attached hydrogens (tertiary/aromatic N) is 3. The van der Waals surface area contributed by atoms with Crippen molar-refractivity contribution in [3.8, 4) is 16.9 Å². The Balaban J connectivity index is 2.02. The standard InChI is InChI=1S/C15H11BrFN3O2S/c16-15-14(10-1-3-11(17)4-2-10)20(9-19-15)13-6-5-12(18-7-13)8-23(21)22/h1-7,9,23H,8H2. The molecule has 0 unspecified atom stereocenters. The van der Waals surface area contributed by atoms with Gasteiger partial charge in [-0.05, 0) is 52.3 Å². The molecule has 0 amide bonds. The third kappa shape index (κ3) is 3.48. The highest BCUT2D eigenvalue weighted by Crippen LogP contribution is 2.29. The highest BCUT2D eigenvalue weighted by Gasteiger charge is 2.13. The molecule has 8 heteroatoms. The number of thiol groups is 1. The van der Waals surface area contributed by atoms with Crippen molar-refractivity contribution in [1.82, 2.24) is 14.5 Å². The van der Waals surface area contributed by atoms with Crippen LogP contribution < -0.4 is 0 Å². The summed E-state index contributed by atoms with van der Waals surface area (Å²) >= 11 is 3.39. The Labute approximate surface area is 141 Å². The molecule has 0 spiro atoms. The molecule has 0 aliphatic carbocycles. The molecule has 3 rings (SSSR count). The smallest absolute Gasteiger partial charge is 0.145 e. The first-order valence-electron chi connectivity index (χ1n) is 6.60. The molecule has 0 bridgehead atoms. The fraction of sp³-hybridized carbons (Fsp3) is 0.0667. The molecule has 3 aromatic rings. The molecule has 0 radical (unpaired) electrons. The zero-order valence-corrected chi connectivity index (χ0v) is 14.2. The minimum atomic E-state index is -2.51. The summed E-state index contributed by atoms with van der Waals surface area (Å²) in [5, 5.41) is 0. The predicted molar refractivity (Wildman–Crippen MR) is 88.5 cm³/mol. The van der Waals surface area contributed by atoms with E-state index >= 15 is 0 Å². The van der Waals surface area contributed by atoms with Crippen LogP contribution in [0.15, 0.2) is 53.5 Å². The summed E-state index contributed by atoms with van der Waals surface area (Å²) < 4.78 is 37.0. The summed E-state index contributed by atoms with van der Waals surface area (Å²) in [5.41, 5.74) is 2.76. The van der Waals surface area contributed by atoms with E-state index in [9.17, 15) is 12.8 Å². The third-order valence-corrected chi connectivity index (χ3v) is 4.38. The summed E-state index contributed by atoms with van der Waals surface area (Å²) in [6.45, 7) is 0. The van der Waals surface area contributed by atoms with Gasteiger partial charge in [-0.25, -0.2) is 17.8 Å². The molecule has 0 aliphatic heterocycles. The van der Waals surface area contributed by atoms with E-state index in [0.717, 1.165) is 16.9 Å². The lowest BCUT2D eigenvalue weighted by molar-refractivity contribution is 0.613. The van der Waals surface area contributed by atoms with Gasteiger partial charge in [0.25, 0.3) is 0 Å². The lowest BCUT2D eigenvalue weighted by Gasteiger charge is -2.09. The molecule has 118 valence electrons. The van der Waals surface area contributed by atoms with Crippen LogP contribution in [0.1, 0.15) is 5.69 Å². The van der Waals surface area contributed by atoms with E-state index in [4.69, 9.17) is 0 Å². The third-order valence-electron chi connectivity index (χ3n) is 3.22. The molecule has 5 nitrogen and oxygen atoms in total. The zero-order chi connectivity index (χ0) is 16.4. The van der Waals surface area contributed by atoms with Gasteiger partial charge in [0.15, 0.2) is 0 Å². The van der Waals surface area contributed by atoms with Gasteiger partial charge in [-0.2, -0.15) is 0 Å². The SMILES string of the molecule is O=[SH](=O)Cc1ccc(-n2cnc(Br)c2-c2ccc(F)cc2)cn1. The van der Waals surface area contributed by atoms with Gasteiger partial charge in [0, 0.05) is 5.56 Å². The van der Waals surface area contributed by atoms with Gasteiger partial charge in [-0.3, -0.25) is 9.55 Å². The van der Waals surface area contributed by atoms with Gasteiger partial charge in [0.2, 0.25) is 0 Å². The number of pyridine rings is 1. The fourth-order valence-corrected chi connectivity index (χ4v) is 3.14. The van der Waals surface area contributed by atoms with Gasteiger partial charge in [-0.15, -0.1) is 0 Å². The van der Waals surface area contributed by atoms with E-state index in [1.54, 1.807) is 41.4 Å². The number of aromatic nitrogens is 3. The van der Waals surface area contributed by atoms with Crippen molar-refractivity contribution in [3.63, 3.8) is 0 Å². The molecule has 0 fully saturated rings. The van der Waals surface area contributed by atoms with E-state index in [1.807, 2.05) is 0 Å². The lowest BCUT2D eigenvalue weighted by Crippen LogP contribution is -1.98. The minimum Gasteiger partial charge on any atom is -0.296 e. The van der Waals surface area contributed by atoms with Crippen LogP contribution in [0.3, 0.4) is 0 Å². The van der Waals surface area contributed by atoms with Crippen LogP contribution >= 0.6 is 15.9 Å². The molecule has 0 aliphatic rings. The number of hydrogen-bond acceptors (Lipinski definition) is 4. The van der Waals surface area contributed by atoms with Crippen molar-refractivity contribution in [2.45, 2.75) is 5.75 Å². The summed E-state index contributed by atoms with van der Waals surface area (Å²) in [6.07, 6.45) is 3.20. The number of benzene rings is 1. The normalized spacial score (nSPS) is 11.1. The van der Waals surface area contributed by atoms with Crippen LogP contribution in [0.2, 0.25) is 0 Å². The molecular weight excluding hydrogens is 385 g/mol. The van der Waals surface area contributed by atoms with Gasteiger partial charge in [0.1, 0.15) is 27.5 Å². The maximum atomic E-state index is 13.1. The Kier molecular flexibility index (Phi) is 4.53. The maximum Gasteiger partial charge on any atom is 0.145 e. The molecule has 0 saturated carbocycles. The Morgan fingerprint density at radius 2 is 1.83 bits per heavy atom. The predicted octanol–water partition coefficient (Wildman–Crippen LogP) is 2.95. The summed E-state index contributed by atoms with van der Waals surface area (Å²) in [7, 11) is -2.51. The Bertz CT molecular complexity index is 897. The molecule has 0 saturated heterocycles. The van der Waals surface area contributed by atoms with Crippen LogP contribution in [-0.4, -0.2) is 23.0 Å². The van der Waals surface area contributed by atoms with Crippen LogP contribution in [0.4, 0.5) is 4.39 Å². The highest BCUT2D eigenvalue weighted by molar-refractivity contribution is 9.10. The number of imidazole rings is 1. The van der Waals surface area contributed by atoms with Crippen molar-refractivity contribution in [3.05, 3.63) is 65.0 Å². The monoisotopic (exact) mass is 395 g/mol. The highest BCUT2D eigenvalue weighted by atomic mass is 79.9. The minimum absolute atomic E-state index is 0.0892. The molecular formula is C15H11BrFN3O2S. The van der Waals surface area contributed by atoms with E-state index in [1.165, 1.54) is 12.1 Å². The Morgan fingerprint density at radius 3 is 2.43 bits per heavy atom. The Morgan fingerprint density at radius 1 is 1.09 bits per heavy atom. The molecule has 0 N–H and O–H groups in total. The molecule has 0 atom stereocenters. The summed E-state index contributed by atoms with van der Waals surface area (Å²) in [5.74, 6) is -0.401.